The largest absolute Gasteiger partial charge is 0.480 e. The Morgan fingerprint density at radius 2 is 0.525 bits per heavy atom. The van der Waals surface area contributed by atoms with Gasteiger partial charge in [0, 0.05) is 132 Å². The molecule has 0 aliphatic carbocycles. The molecule has 0 aromatic rings. The Labute approximate surface area is 345 Å². The second-order valence-electron chi connectivity index (χ2n) is 14.9. The average Bonchev–Trinajstić information content (AvgIpc) is 3.14. The van der Waals surface area contributed by atoms with Crippen molar-refractivity contribution in [2.24, 2.45) is 0 Å². The van der Waals surface area contributed by atoms with E-state index in [1.54, 1.807) is 43.6 Å². The number of carboxylic acid groups (broad SMARTS) is 6. The number of rotatable bonds is 22. The summed E-state index contributed by atoms with van der Waals surface area (Å²) in [6.07, 6.45) is -0.854. The Morgan fingerprint density at radius 3 is 0.678 bits per heavy atom. The Morgan fingerprint density at radius 1 is 0.356 bits per heavy atom. The first-order valence-corrected chi connectivity index (χ1v) is 19.8. The summed E-state index contributed by atoms with van der Waals surface area (Å²) in [5.41, 5.74) is 0. The third kappa shape index (κ3) is 24.3. The van der Waals surface area contributed by atoms with Crippen LogP contribution in [0.15, 0.2) is 0 Å². The molecule has 0 radical (unpaired) electrons. The summed E-state index contributed by atoms with van der Waals surface area (Å²) < 4.78 is 17.7. The van der Waals surface area contributed by atoms with Gasteiger partial charge in [-0.15, -0.1) is 0 Å². The second-order valence-corrected chi connectivity index (χ2v) is 14.9. The van der Waals surface area contributed by atoms with Crippen LogP contribution in [-0.2, 0) is 43.0 Å². The summed E-state index contributed by atoms with van der Waals surface area (Å²) in [6, 6.07) is 0. The van der Waals surface area contributed by atoms with Crippen LogP contribution in [0, 0.1) is 0 Å². The smallest absolute Gasteiger partial charge is 0.317 e. The van der Waals surface area contributed by atoms with E-state index < -0.39 is 48.0 Å². The topological polar surface area (TPSA) is 277 Å². The normalized spacial score (nSPS) is 20.6. The molecule has 0 aromatic heterocycles. The molecule has 0 bridgehead atoms. The molecule has 0 amide bonds. The molecule has 2 atom stereocenters. The lowest BCUT2D eigenvalue weighted by molar-refractivity contribution is -0.140. The highest BCUT2D eigenvalue weighted by molar-refractivity contribution is 5.70. The first kappa shape index (κ1) is 51.5. The minimum absolute atomic E-state index is 0.167. The molecule has 2 aliphatic heterocycles. The van der Waals surface area contributed by atoms with Crippen LogP contribution >= 0.6 is 0 Å². The zero-order valence-corrected chi connectivity index (χ0v) is 34.5. The maximum absolute atomic E-state index is 11.7. The molecule has 0 spiro atoms. The summed E-state index contributed by atoms with van der Waals surface area (Å²) in [5.74, 6) is -6.10. The fourth-order valence-electron chi connectivity index (χ4n) is 6.92. The lowest BCUT2D eigenvalue weighted by Gasteiger charge is -2.34. The molecule has 2 saturated heterocycles. The predicted molar refractivity (Wildman–Crippen MR) is 210 cm³/mol. The second kappa shape index (κ2) is 28.8. The maximum Gasteiger partial charge on any atom is 0.317 e. The van der Waals surface area contributed by atoms with Gasteiger partial charge in [0.2, 0.25) is 0 Å². The number of hydrogen-bond acceptors (Lipinski definition) is 17. The fraction of sp³-hybridized carbons (Fsp3) is 0.833. The third-order valence-corrected chi connectivity index (χ3v) is 10.2. The quantitative estimate of drug-likeness (QED) is 0.0605. The zero-order chi connectivity index (χ0) is 43.7. The van der Waals surface area contributed by atoms with E-state index in [1.807, 2.05) is 0 Å². The van der Waals surface area contributed by atoms with Crippen molar-refractivity contribution in [1.82, 2.24) is 39.2 Å². The molecule has 2 aliphatic rings. The monoisotopic (exact) mass is 850 g/mol. The Bertz CT molecular complexity index is 1140. The number of ether oxygens (including phenoxy) is 3. The van der Waals surface area contributed by atoms with Gasteiger partial charge >= 0.3 is 35.8 Å². The molecule has 23 heteroatoms. The van der Waals surface area contributed by atoms with E-state index in [-0.39, 0.29) is 52.5 Å². The van der Waals surface area contributed by atoms with Crippen molar-refractivity contribution in [2.75, 3.05) is 185 Å². The van der Waals surface area contributed by atoms with Crippen LogP contribution in [0.25, 0.3) is 0 Å². The van der Waals surface area contributed by atoms with Crippen molar-refractivity contribution in [1.29, 1.82) is 0 Å². The van der Waals surface area contributed by atoms with Crippen LogP contribution in [0.5, 0.6) is 0 Å². The third-order valence-electron chi connectivity index (χ3n) is 10.2. The minimum Gasteiger partial charge on any atom is -0.480 e. The van der Waals surface area contributed by atoms with E-state index in [9.17, 15) is 59.4 Å². The fourth-order valence-corrected chi connectivity index (χ4v) is 6.92. The SMILES string of the molecule is COC(COCC(CN1CCN(CC(=O)O)CCN(CC(=O)O)CCN(CC(=O)O)CC1)OC)CN1CCN(CC(=O)O)CCN(CC(=O)O)CCN(CC(=O)O)CC1. The molecule has 0 saturated carbocycles. The molecular weight excluding hydrogens is 784 g/mol. The Hall–Kier alpha value is -3.62. The van der Waals surface area contributed by atoms with Gasteiger partial charge in [0.1, 0.15) is 0 Å². The van der Waals surface area contributed by atoms with Crippen molar-refractivity contribution >= 4 is 35.8 Å². The van der Waals surface area contributed by atoms with E-state index in [1.165, 1.54) is 0 Å². The van der Waals surface area contributed by atoms with Gasteiger partial charge in [-0.1, -0.05) is 0 Å². The van der Waals surface area contributed by atoms with Gasteiger partial charge in [0.15, 0.2) is 0 Å². The number of methoxy groups -OCH3 is 2. The zero-order valence-electron chi connectivity index (χ0n) is 34.5. The van der Waals surface area contributed by atoms with Crippen molar-refractivity contribution in [3.8, 4) is 0 Å². The first-order valence-electron chi connectivity index (χ1n) is 19.8. The van der Waals surface area contributed by atoms with Crippen LogP contribution < -0.4 is 0 Å². The molecular formula is C36H66N8O15. The van der Waals surface area contributed by atoms with Gasteiger partial charge in [0.25, 0.3) is 0 Å². The van der Waals surface area contributed by atoms with Crippen molar-refractivity contribution < 1.29 is 73.6 Å². The van der Waals surface area contributed by atoms with Crippen LogP contribution in [0.4, 0.5) is 0 Å². The van der Waals surface area contributed by atoms with Crippen LogP contribution in [-0.4, -0.2) is 302 Å². The van der Waals surface area contributed by atoms with Gasteiger partial charge in [-0.25, -0.2) is 0 Å². The number of carboxylic acids is 6. The van der Waals surface area contributed by atoms with Crippen LogP contribution in [0.2, 0.25) is 0 Å². The van der Waals surface area contributed by atoms with Gasteiger partial charge in [-0.2, -0.15) is 0 Å². The van der Waals surface area contributed by atoms with Crippen LogP contribution in [0.1, 0.15) is 0 Å². The van der Waals surface area contributed by atoms with Crippen molar-refractivity contribution in [2.45, 2.75) is 12.2 Å². The van der Waals surface area contributed by atoms with Crippen molar-refractivity contribution in [3.05, 3.63) is 0 Å². The molecule has 340 valence electrons. The summed E-state index contributed by atoms with van der Waals surface area (Å²) in [4.78, 5) is 84.1. The summed E-state index contributed by atoms with van der Waals surface area (Å²) in [7, 11) is 3.10. The van der Waals surface area contributed by atoms with E-state index >= 15 is 0 Å². The number of carbonyl (C=O) groups is 6. The standard InChI is InChI=1S/C36H66N8O15/c1-57-29(19-37-3-7-39(21-31(45)46)11-15-43(25-35(53)54)16-12-40(8-4-37)22-32(47)48)27-59-28-30(58-2)20-38-5-9-41(23-33(49)50)13-17-44(26-36(55)56)18-14-42(10-6-38)24-34(51)52/h29-30H,3-28H2,1-2H3,(H,45,46)(H,47,48)(H,49,50)(H,51,52)(H,53,54)(H,55,56). The molecule has 2 heterocycles. The molecule has 0 aromatic carbocycles. The van der Waals surface area contributed by atoms with E-state index in [0.29, 0.717) is 118 Å². The highest BCUT2D eigenvalue weighted by atomic mass is 16.5. The average molecular weight is 851 g/mol. The highest BCUT2D eigenvalue weighted by Gasteiger charge is 2.25. The lowest BCUT2D eigenvalue weighted by atomic mass is 10.2. The number of hydrogen-bond donors (Lipinski definition) is 6. The van der Waals surface area contributed by atoms with E-state index in [2.05, 4.69) is 9.80 Å². The molecule has 2 rings (SSSR count). The Balaban J connectivity index is 2.12. The van der Waals surface area contributed by atoms with Crippen molar-refractivity contribution in [3.63, 3.8) is 0 Å². The maximum atomic E-state index is 11.7. The number of aliphatic carboxylic acids is 6. The van der Waals surface area contributed by atoms with E-state index in [4.69, 9.17) is 14.2 Å². The van der Waals surface area contributed by atoms with Gasteiger partial charge in [-0.05, 0) is 0 Å². The molecule has 23 nitrogen and oxygen atoms in total. The summed E-state index contributed by atoms with van der Waals surface area (Å²) >= 11 is 0. The van der Waals surface area contributed by atoms with Gasteiger partial charge in [0.05, 0.1) is 64.7 Å². The summed E-state index contributed by atoms with van der Waals surface area (Å²) in [5, 5.41) is 57.0. The van der Waals surface area contributed by atoms with Gasteiger partial charge < -0.3 is 44.8 Å². The lowest BCUT2D eigenvalue weighted by Crippen LogP contribution is -2.50. The first-order chi connectivity index (χ1) is 28.0. The Kier molecular flexibility index (Phi) is 25.1. The molecule has 2 fully saturated rings. The minimum atomic E-state index is -1.03. The molecule has 2 unspecified atom stereocenters. The molecule has 6 N–H and O–H groups in total. The van der Waals surface area contributed by atoms with Gasteiger partial charge in [-0.3, -0.25) is 68.0 Å². The predicted octanol–water partition coefficient (Wildman–Crippen LogP) is -4.02. The highest BCUT2D eigenvalue weighted by Crippen LogP contribution is 2.07. The van der Waals surface area contributed by atoms with E-state index in [0.717, 1.165) is 0 Å². The molecule has 59 heavy (non-hydrogen) atoms. The van der Waals surface area contributed by atoms with Crippen LogP contribution in [0.3, 0.4) is 0 Å². The number of nitrogens with zero attached hydrogens (tertiary/aromatic N) is 8. The summed E-state index contributed by atoms with van der Waals surface area (Å²) in [6.45, 7) is 5.23.